The molecule has 4 rings (SSSR count). The second-order valence-electron chi connectivity index (χ2n) is 7.09. The number of amides is 1. The molecule has 0 aliphatic heterocycles. The summed E-state index contributed by atoms with van der Waals surface area (Å²) in [5.74, 6) is -0.340. The number of benzene rings is 2. The van der Waals surface area contributed by atoms with Crippen molar-refractivity contribution in [1.82, 2.24) is 14.5 Å². The Hall–Kier alpha value is -4.20. The molecule has 156 valence electrons. The Bertz CT molecular complexity index is 1340. The lowest BCUT2D eigenvalue weighted by atomic mass is 10.1. The first kappa shape index (κ1) is 20.1. The third kappa shape index (κ3) is 3.95. The van der Waals surface area contributed by atoms with Crippen LogP contribution in [0.15, 0.2) is 65.6 Å². The van der Waals surface area contributed by atoms with Crippen molar-refractivity contribution >= 4 is 34.2 Å². The fourth-order valence-corrected chi connectivity index (χ4v) is 3.37. The molecule has 0 radical (unpaired) electrons. The molecule has 0 unspecified atom stereocenters. The molecular weight excluding hydrogens is 394 g/mol. The maximum absolute atomic E-state index is 12.5. The Morgan fingerprint density at radius 1 is 1.10 bits per heavy atom. The number of hydrogen-bond donors (Lipinski definition) is 3. The first-order valence-corrected chi connectivity index (χ1v) is 9.83. The number of carbonyl (C=O) groups excluding carboxylic acids is 2. The average Bonchev–Trinajstić information content (AvgIpc) is 3.10. The quantitative estimate of drug-likeness (QED) is 0.330. The molecule has 2 heterocycles. The fraction of sp³-hybridized carbons (Fsp3) is 0.130. The van der Waals surface area contributed by atoms with E-state index >= 15 is 0 Å². The van der Waals surface area contributed by atoms with Crippen molar-refractivity contribution in [3.8, 4) is 0 Å². The monoisotopic (exact) mass is 415 g/mol. The van der Waals surface area contributed by atoms with Crippen molar-refractivity contribution < 1.29 is 9.59 Å². The fourth-order valence-electron chi connectivity index (χ4n) is 3.37. The van der Waals surface area contributed by atoms with Gasteiger partial charge in [-0.25, -0.2) is 9.78 Å². The Kier molecular flexibility index (Phi) is 5.36. The molecule has 0 aliphatic rings. The minimum absolute atomic E-state index is 0.0600. The molecule has 2 aromatic carbocycles. The van der Waals surface area contributed by atoms with Crippen LogP contribution in [0.5, 0.6) is 0 Å². The van der Waals surface area contributed by atoms with Crippen LogP contribution in [0, 0.1) is 0 Å². The van der Waals surface area contributed by atoms with Crippen LogP contribution in [-0.4, -0.2) is 26.2 Å². The third-order valence-corrected chi connectivity index (χ3v) is 5.05. The number of nitrogen functional groups attached to an aromatic ring is 1. The van der Waals surface area contributed by atoms with Crippen LogP contribution in [0.4, 0.5) is 11.4 Å². The largest absolute Gasteiger partial charge is 0.397 e. The van der Waals surface area contributed by atoms with Gasteiger partial charge in [-0.05, 0) is 35.9 Å². The third-order valence-electron chi connectivity index (χ3n) is 5.05. The molecule has 0 spiro atoms. The van der Waals surface area contributed by atoms with Crippen molar-refractivity contribution in [3.63, 3.8) is 0 Å². The molecule has 0 bridgehead atoms. The minimum atomic E-state index is -0.347. The molecule has 0 saturated heterocycles. The predicted molar refractivity (Wildman–Crippen MR) is 119 cm³/mol. The zero-order valence-corrected chi connectivity index (χ0v) is 16.9. The Morgan fingerprint density at radius 2 is 1.84 bits per heavy atom. The van der Waals surface area contributed by atoms with Gasteiger partial charge in [-0.3, -0.25) is 14.2 Å². The zero-order chi connectivity index (χ0) is 22.0. The Morgan fingerprint density at radius 3 is 2.55 bits per heavy atom. The molecule has 8 nitrogen and oxygen atoms in total. The van der Waals surface area contributed by atoms with Crippen LogP contribution in [0.3, 0.4) is 0 Å². The first-order chi connectivity index (χ1) is 15.0. The highest BCUT2D eigenvalue weighted by molar-refractivity contribution is 6.06. The highest BCUT2D eigenvalue weighted by atomic mass is 16.2. The number of pyridine rings is 1. The summed E-state index contributed by atoms with van der Waals surface area (Å²) in [6.07, 6.45) is 1.86. The van der Waals surface area contributed by atoms with E-state index in [9.17, 15) is 14.4 Å². The second kappa shape index (κ2) is 8.27. The van der Waals surface area contributed by atoms with Crippen molar-refractivity contribution in [1.29, 1.82) is 0 Å². The summed E-state index contributed by atoms with van der Waals surface area (Å²) in [5, 5.41) is 2.78. The summed E-state index contributed by atoms with van der Waals surface area (Å²) in [7, 11) is 0. The van der Waals surface area contributed by atoms with Crippen molar-refractivity contribution in [3.05, 3.63) is 88.0 Å². The van der Waals surface area contributed by atoms with Crippen LogP contribution in [-0.2, 0) is 6.54 Å². The highest BCUT2D eigenvalue weighted by Gasteiger charge is 2.16. The van der Waals surface area contributed by atoms with Gasteiger partial charge in [-0.1, -0.05) is 31.2 Å². The molecule has 31 heavy (non-hydrogen) atoms. The summed E-state index contributed by atoms with van der Waals surface area (Å²) in [5.41, 5.74) is 9.15. The molecular formula is C23H21N5O3. The maximum Gasteiger partial charge on any atom is 0.328 e. The van der Waals surface area contributed by atoms with Gasteiger partial charge in [0, 0.05) is 23.7 Å². The van der Waals surface area contributed by atoms with Crippen LogP contribution in [0.1, 0.15) is 39.6 Å². The number of H-pyrrole nitrogens is 1. The number of nitrogens with one attached hydrogen (secondary N) is 2. The molecule has 0 aliphatic carbocycles. The summed E-state index contributed by atoms with van der Waals surface area (Å²) >= 11 is 0. The van der Waals surface area contributed by atoms with E-state index in [0.717, 1.165) is 5.56 Å². The number of Topliss-reactive ketones (excluding diaryl/α,β-unsaturated/α-hetero) is 1. The van der Waals surface area contributed by atoms with Crippen LogP contribution < -0.4 is 16.7 Å². The number of aromatic amines is 1. The van der Waals surface area contributed by atoms with Gasteiger partial charge in [-0.2, -0.15) is 0 Å². The molecule has 4 aromatic rings. The normalized spacial score (nSPS) is 10.9. The van der Waals surface area contributed by atoms with Gasteiger partial charge in [0.05, 0.1) is 23.4 Å². The van der Waals surface area contributed by atoms with E-state index in [1.54, 1.807) is 61.5 Å². The van der Waals surface area contributed by atoms with E-state index in [-0.39, 0.29) is 23.9 Å². The maximum atomic E-state index is 12.5. The number of aromatic nitrogens is 3. The summed E-state index contributed by atoms with van der Waals surface area (Å²) in [6, 6.07) is 15.6. The van der Waals surface area contributed by atoms with Gasteiger partial charge in [-0.15, -0.1) is 0 Å². The van der Waals surface area contributed by atoms with Gasteiger partial charge in [0.15, 0.2) is 11.4 Å². The van der Waals surface area contributed by atoms with E-state index < -0.39 is 0 Å². The van der Waals surface area contributed by atoms with Gasteiger partial charge < -0.3 is 16.0 Å². The molecule has 2 aromatic heterocycles. The van der Waals surface area contributed by atoms with Gasteiger partial charge in [0.2, 0.25) is 0 Å². The summed E-state index contributed by atoms with van der Waals surface area (Å²) < 4.78 is 1.47. The van der Waals surface area contributed by atoms with Gasteiger partial charge >= 0.3 is 5.69 Å². The number of nitrogens with two attached hydrogens (primary N) is 1. The number of anilines is 2. The number of rotatable bonds is 6. The minimum Gasteiger partial charge on any atom is -0.397 e. The molecule has 0 atom stereocenters. The van der Waals surface area contributed by atoms with Crippen molar-refractivity contribution in [2.75, 3.05) is 11.1 Å². The molecule has 4 N–H and O–H groups in total. The number of carbonyl (C=O) groups is 2. The number of fused-ring (bicyclic) bond motifs is 1. The van der Waals surface area contributed by atoms with Gasteiger partial charge in [0.25, 0.3) is 5.91 Å². The number of ketones is 1. The van der Waals surface area contributed by atoms with E-state index in [2.05, 4.69) is 15.3 Å². The smallest absolute Gasteiger partial charge is 0.328 e. The predicted octanol–water partition coefficient (Wildman–Crippen LogP) is 3.20. The molecule has 8 heteroatoms. The lowest BCUT2D eigenvalue weighted by molar-refractivity contribution is 0.0987. The number of nitrogens with zero attached hydrogens (tertiary/aromatic N) is 2. The summed E-state index contributed by atoms with van der Waals surface area (Å²) in [4.78, 5) is 44.2. The van der Waals surface area contributed by atoms with Crippen LogP contribution in [0.25, 0.3) is 11.2 Å². The lowest BCUT2D eigenvalue weighted by Crippen LogP contribution is -2.18. The van der Waals surface area contributed by atoms with E-state index in [1.807, 2.05) is 0 Å². The zero-order valence-electron chi connectivity index (χ0n) is 16.9. The highest BCUT2D eigenvalue weighted by Crippen LogP contribution is 2.19. The number of imidazole rings is 1. The summed E-state index contributed by atoms with van der Waals surface area (Å²) in [6.45, 7) is 2.02. The van der Waals surface area contributed by atoms with Crippen molar-refractivity contribution in [2.45, 2.75) is 19.9 Å². The van der Waals surface area contributed by atoms with E-state index in [4.69, 9.17) is 5.73 Å². The lowest BCUT2D eigenvalue weighted by Gasteiger charge is -2.09. The molecule has 0 fully saturated rings. The van der Waals surface area contributed by atoms with Gasteiger partial charge in [0.1, 0.15) is 0 Å². The second-order valence-corrected chi connectivity index (χ2v) is 7.09. The van der Waals surface area contributed by atoms with Crippen molar-refractivity contribution in [2.24, 2.45) is 0 Å². The number of para-hydroxylation sites is 2. The van der Waals surface area contributed by atoms with E-state index in [0.29, 0.717) is 40.1 Å². The first-order valence-electron chi connectivity index (χ1n) is 9.83. The average molecular weight is 415 g/mol. The SMILES string of the molecule is CCC(=O)c1ccnc2c1[nH]c(=O)n2Cc1ccc(C(=O)Nc2ccccc2N)cc1. The molecule has 0 saturated carbocycles. The van der Waals surface area contributed by atoms with Crippen LogP contribution in [0.2, 0.25) is 0 Å². The number of hydrogen-bond acceptors (Lipinski definition) is 5. The van der Waals surface area contributed by atoms with Crippen LogP contribution >= 0.6 is 0 Å². The Labute approximate surface area is 177 Å². The standard InChI is InChI=1S/C23H21N5O3/c1-2-19(29)16-11-12-25-21-20(16)27-23(31)28(21)13-14-7-9-15(10-8-14)22(30)26-18-6-4-3-5-17(18)24/h3-12H,2,13,24H2,1H3,(H,26,30)(H,27,31). The molecule has 1 amide bonds. The Balaban J connectivity index is 1.57. The van der Waals surface area contributed by atoms with E-state index in [1.165, 1.54) is 10.8 Å². The topological polar surface area (TPSA) is 123 Å².